The van der Waals surface area contributed by atoms with Gasteiger partial charge in [0.15, 0.2) is 6.29 Å². The van der Waals surface area contributed by atoms with Gasteiger partial charge in [0.2, 0.25) is 0 Å². The first-order chi connectivity index (χ1) is 6.79. The Kier molecular flexibility index (Phi) is 4.90. The maximum absolute atomic E-state index is 10.7. The second-order valence-corrected chi connectivity index (χ2v) is 4.14. The summed E-state index contributed by atoms with van der Waals surface area (Å²) in [6.07, 6.45) is 4.31. The highest BCUT2D eigenvalue weighted by Gasteiger charge is 2.08. The van der Waals surface area contributed by atoms with Crippen LogP contribution in [0.15, 0.2) is 11.4 Å². The molecular formula is C9H11ClN2OS. The highest BCUT2D eigenvalue weighted by atomic mass is 35.5. The van der Waals surface area contributed by atoms with Crippen LogP contribution in [0.4, 0.5) is 0 Å². The first-order valence-electron chi connectivity index (χ1n) is 4.38. The van der Waals surface area contributed by atoms with E-state index in [9.17, 15) is 4.79 Å². The highest BCUT2D eigenvalue weighted by molar-refractivity contribution is 7.99. The lowest BCUT2D eigenvalue weighted by Crippen LogP contribution is -1.94. The van der Waals surface area contributed by atoms with E-state index in [2.05, 4.69) is 16.9 Å². The van der Waals surface area contributed by atoms with Gasteiger partial charge in [-0.05, 0) is 12.2 Å². The molecule has 5 heteroatoms. The van der Waals surface area contributed by atoms with Crippen molar-refractivity contribution in [2.45, 2.75) is 24.8 Å². The Morgan fingerprint density at radius 1 is 1.57 bits per heavy atom. The van der Waals surface area contributed by atoms with Crippen molar-refractivity contribution in [1.82, 2.24) is 9.97 Å². The van der Waals surface area contributed by atoms with Gasteiger partial charge in [-0.1, -0.05) is 24.9 Å². The van der Waals surface area contributed by atoms with Gasteiger partial charge in [0.05, 0.1) is 5.56 Å². The summed E-state index contributed by atoms with van der Waals surface area (Å²) in [6, 6.07) is 0. The molecule has 0 radical (unpaired) electrons. The van der Waals surface area contributed by atoms with Crippen LogP contribution in [0, 0.1) is 0 Å². The van der Waals surface area contributed by atoms with Crippen molar-refractivity contribution in [3.05, 3.63) is 17.0 Å². The van der Waals surface area contributed by atoms with Crippen LogP contribution in [-0.2, 0) is 0 Å². The summed E-state index contributed by atoms with van der Waals surface area (Å²) in [5.41, 5.74) is 0.398. The van der Waals surface area contributed by atoms with Crippen LogP contribution in [0.5, 0.6) is 0 Å². The molecule has 76 valence electrons. The second kappa shape index (κ2) is 5.98. The Morgan fingerprint density at radius 2 is 2.36 bits per heavy atom. The van der Waals surface area contributed by atoms with Crippen LogP contribution < -0.4 is 0 Å². The predicted molar refractivity (Wildman–Crippen MR) is 58.1 cm³/mol. The summed E-state index contributed by atoms with van der Waals surface area (Å²) in [6.45, 7) is 2.12. The number of thioether (sulfide) groups is 1. The fraction of sp³-hybridized carbons (Fsp3) is 0.444. The Hall–Kier alpha value is -0.610. The van der Waals surface area contributed by atoms with E-state index >= 15 is 0 Å². The summed E-state index contributed by atoms with van der Waals surface area (Å²) in [7, 11) is 0. The lowest BCUT2D eigenvalue weighted by Gasteiger charge is -2.02. The van der Waals surface area contributed by atoms with E-state index < -0.39 is 0 Å². The van der Waals surface area contributed by atoms with Crippen LogP contribution in [0.3, 0.4) is 0 Å². The first-order valence-corrected chi connectivity index (χ1v) is 5.74. The molecular weight excluding hydrogens is 220 g/mol. The second-order valence-electron chi connectivity index (χ2n) is 2.70. The van der Waals surface area contributed by atoms with E-state index in [4.69, 9.17) is 11.6 Å². The largest absolute Gasteiger partial charge is 0.298 e. The van der Waals surface area contributed by atoms with Crippen molar-refractivity contribution >= 4 is 29.6 Å². The smallest absolute Gasteiger partial charge is 0.155 e. The number of hydrogen-bond donors (Lipinski definition) is 0. The van der Waals surface area contributed by atoms with Gasteiger partial charge in [0.25, 0.3) is 0 Å². The normalized spacial score (nSPS) is 10.1. The van der Waals surface area contributed by atoms with Gasteiger partial charge in [-0.15, -0.1) is 11.8 Å². The van der Waals surface area contributed by atoms with Crippen LogP contribution in [-0.4, -0.2) is 22.0 Å². The zero-order valence-corrected chi connectivity index (χ0v) is 9.44. The molecule has 1 rings (SSSR count). The summed E-state index contributed by atoms with van der Waals surface area (Å²) in [5.74, 6) is 0.949. The molecule has 1 aromatic rings. The van der Waals surface area contributed by atoms with Crippen molar-refractivity contribution < 1.29 is 4.79 Å². The topological polar surface area (TPSA) is 42.9 Å². The van der Waals surface area contributed by atoms with Crippen molar-refractivity contribution in [3.8, 4) is 0 Å². The Labute approximate surface area is 92.3 Å². The average molecular weight is 231 g/mol. The number of rotatable bonds is 5. The van der Waals surface area contributed by atoms with Crippen LogP contribution >= 0.6 is 23.4 Å². The minimum Gasteiger partial charge on any atom is -0.298 e. The highest BCUT2D eigenvalue weighted by Crippen LogP contribution is 2.23. The monoisotopic (exact) mass is 230 g/mol. The lowest BCUT2D eigenvalue weighted by molar-refractivity contribution is 0.112. The molecule has 0 aliphatic heterocycles. The maximum Gasteiger partial charge on any atom is 0.155 e. The molecule has 0 N–H and O–H groups in total. The van der Waals surface area contributed by atoms with Crippen LogP contribution in [0.2, 0.25) is 5.15 Å². The minimum absolute atomic E-state index is 0.231. The molecule has 0 aliphatic rings. The number of carbonyl (C=O) groups excluding carboxylic acids is 1. The van der Waals surface area contributed by atoms with Crippen molar-refractivity contribution in [2.24, 2.45) is 0 Å². The average Bonchev–Trinajstić information content (AvgIpc) is 2.18. The number of aldehydes is 1. The van der Waals surface area contributed by atoms with E-state index in [1.807, 2.05) is 0 Å². The zero-order valence-electron chi connectivity index (χ0n) is 7.86. The number of unbranched alkanes of at least 4 members (excludes halogenated alkanes) is 1. The summed E-state index contributed by atoms with van der Waals surface area (Å²) >= 11 is 7.29. The third-order valence-corrected chi connectivity index (χ3v) is 3.05. The van der Waals surface area contributed by atoms with Crippen LogP contribution in [0.25, 0.3) is 0 Å². The third kappa shape index (κ3) is 2.96. The quantitative estimate of drug-likeness (QED) is 0.338. The molecule has 1 heterocycles. The molecule has 0 saturated heterocycles. The van der Waals surface area contributed by atoms with Gasteiger partial charge in [-0.25, -0.2) is 9.97 Å². The van der Waals surface area contributed by atoms with Gasteiger partial charge in [-0.2, -0.15) is 0 Å². The van der Waals surface area contributed by atoms with Gasteiger partial charge in [-0.3, -0.25) is 4.79 Å². The first kappa shape index (κ1) is 11.5. The van der Waals surface area contributed by atoms with E-state index in [0.29, 0.717) is 16.9 Å². The lowest BCUT2D eigenvalue weighted by atomic mass is 10.4. The minimum atomic E-state index is 0.231. The molecule has 14 heavy (non-hydrogen) atoms. The molecule has 0 fully saturated rings. The number of aromatic nitrogens is 2. The molecule has 0 saturated carbocycles. The molecule has 0 bridgehead atoms. The SMILES string of the molecule is CCCCSc1ncnc(Cl)c1C=O. The summed E-state index contributed by atoms with van der Waals surface area (Å²) in [5, 5.41) is 0.905. The number of carbonyl (C=O) groups is 1. The maximum atomic E-state index is 10.7. The molecule has 3 nitrogen and oxygen atoms in total. The van der Waals surface area contributed by atoms with Crippen molar-refractivity contribution in [1.29, 1.82) is 0 Å². The summed E-state index contributed by atoms with van der Waals surface area (Å²) in [4.78, 5) is 18.5. The number of hydrogen-bond acceptors (Lipinski definition) is 4. The predicted octanol–water partition coefficient (Wildman–Crippen LogP) is 2.83. The summed E-state index contributed by atoms with van der Waals surface area (Å²) < 4.78 is 0. The molecule has 1 aromatic heterocycles. The van der Waals surface area contributed by atoms with Crippen molar-refractivity contribution in [3.63, 3.8) is 0 Å². The third-order valence-electron chi connectivity index (χ3n) is 1.65. The van der Waals surface area contributed by atoms with Crippen molar-refractivity contribution in [2.75, 3.05) is 5.75 Å². The molecule has 0 aliphatic carbocycles. The van der Waals surface area contributed by atoms with Gasteiger partial charge < -0.3 is 0 Å². The van der Waals surface area contributed by atoms with Gasteiger partial charge >= 0.3 is 0 Å². The standard InChI is InChI=1S/C9H11ClN2OS/c1-2-3-4-14-9-7(5-13)8(10)11-6-12-9/h5-6H,2-4H2,1H3. The Balaban J connectivity index is 2.75. The molecule has 0 aromatic carbocycles. The van der Waals surface area contributed by atoms with E-state index in [0.717, 1.165) is 18.6 Å². The van der Waals surface area contributed by atoms with E-state index in [1.54, 1.807) is 11.8 Å². The Bertz CT molecular complexity index is 320. The molecule has 0 amide bonds. The molecule has 0 atom stereocenters. The number of halogens is 1. The van der Waals surface area contributed by atoms with E-state index in [1.165, 1.54) is 6.33 Å². The van der Waals surface area contributed by atoms with Gasteiger partial charge in [0.1, 0.15) is 16.5 Å². The molecule has 0 spiro atoms. The zero-order chi connectivity index (χ0) is 10.4. The molecule has 0 unspecified atom stereocenters. The Morgan fingerprint density at radius 3 is 3.00 bits per heavy atom. The fourth-order valence-corrected chi connectivity index (χ4v) is 2.17. The fourth-order valence-electron chi connectivity index (χ4n) is 0.887. The number of nitrogens with zero attached hydrogens (tertiary/aromatic N) is 2. The van der Waals surface area contributed by atoms with Gasteiger partial charge in [0, 0.05) is 0 Å². The van der Waals surface area contributed by atoms with E-state index in [-0.39, 0.29) is 5.15 Å². The van der Waals surface area contributed by atoms with Crippen LogP contribution in [0.1, 0.15) is 30.1 Å².